The Morgan fingerprint density at radius 2 is 2.35 bits per heavy atom. The molecule has 0 unspecified atom stereocenters. The minimum atomic E-state index is -0.460. The molecule has 3 N–H and O–H groups in total. The molecule has 0 saturated heterocycles. The molecule has 1 aromatic heterocycles. The van der Waals surface area contributed by atoms with E-state index < -0.39 is 5.91 Å². The molecule has 17 heavy (non-hydrogen) atoms. The number of nitrogen functional groups attached to an aromatic ring is 1. The van der Waals surface area contributed by atoms with E-state index in [0.717, 1.165) is 0 Å². The lowest BCUT2D eigenvalue weighted by Crippen LogP contribution is -2.39. The van der Waals surface area contributed by atoms with Crippen molar-refractivity contribution in [2.75, 3.05) is 19.3 Å². The first kappa shape index (κ1) is 11.2. The molecule has 0 atom stereocenters. The van der Waals surface area contributed by atoms with Gasteiger partial charge in [0.1, 0.15) is 5.84 Å². The number of amidine groups is 1. The van der Waals surface area contributed by atoms with Gasteiger partial charge >= 0.3 is 6.03 Å². The molecule has 0 fully saturated rings. The molecule has 0 radical (unpaired) electrons. The Morgan fingerprint density at radius 1 is 1.59 bits per heavy atom. The summed E-state index contributed by atoms with van der Waals surface area (Å²) in [6.45, 7) is 0.526. The fourth-order valence-corrected chi connectivity index (χ4v) is 1.38. The summed E-state index contributed by atoms with van der Waals surface area (Å²) in [5, 5.41) is 2.51. The Balaban J connectivity index is 2.05. The van der Waals surface area contributed by atoms with Crippen molar-refractivity contribution in [2.24, 2.45) is 4.99 Å². The highest BCUT2D eigenvalue weighted by Gasteiger charge is 2.19. The van der Waals surface area contributed by atoms with E-state index in [1.54, 1.807) is 7.05 Å². The van der Waals surface area contributed by atoms with Crippen molar-refractivity contribution in [3.8, 4) is 0 Å². The van der Waals surface area contributed by atoms with Crippen LogP contribution in [-0.4, -0.2) is 36.3 Å². The van der Waals surface area contributed by atoms with Gasteiger partial charge in [-0.25, -0.2) is 4.79 Å². The van der Waals surface area contributed by atoms with Crippen molar-refractivity contribution in [1.29, 1.82) is 0 Å². The fourth-order valence-electron chi connectivity index (χ4n) is 1.38. The molecule has 0 bridgehead atoms. The Labute approximate surface area is 97.3 Å². The number of carbonyl (C=O) groups excluding carboxylic acids is 2. The molecule has 0 saturated carbocycles. The maximum Gasteiger partial charge on any atom is 0.344 e. The lowest BCUT2D eigenvalue weighted by molar-refractivity contribution is 0.0950. The molecule has 1 aliphatic heterocycles. The normalized spacial score (nSPS) is 15.7. The third kappa shape index (κ3) is 2.44. The Hall–Kier alpha value is -2.31. The van der Waals surface area contributed by atoms with Crippen LogP contribution in [0.4, 0.5) is 10.7 Å². The number of carbonyl (C=O) groups is 2. The highest BCUT2D eigenvalue weighted by molar-refractivity contribution is 6.08. The van der Waals surface area contributed by atoms with Crippen LogP contribution in [0.2, 0.25) is 0 Å². The molecule has 7 nitrogen and oxygen atoms in total. The predicted octanol–water partition coefficient (Wildman–Crippen LogP) is 0.446. The van der Waals surface area contributed by atoms with Crippen molar-refractivity contribution >= 4 is 23.7 Å². The number of aliphatic imine (C=N–C) groups is 1. The number of urea groups is 1. The van der Waals surface area contributed by atoms with E-state index in [-0.39, 0.29) is 17.7 Å². The Bertz CT molecular complexity index is 491. The van der Waals surface area contributed by atoms with Gasteiger partial charge in [0.15, 0.2) is 11.6 Å². The van der Waals surface area contributed by atoms with Crippen molar-refractivity contribution < 1.29 is 14.0 Å². The first-order valence-electron chi connectivity index (χ1n) is 5.05. The molecule has 90 valence electrons. The van der Waals surface area contributed by atoms with Crippen LogP contribution < -0.4 is 11.1 Å². The first-order valence-corrected chi connectivity index (χ1v) is 5.05. The number of nitrogens with one attached hydrogen (secondary N) is 1. The molecule has 1 aromatic rings. The second-order valence-electron chi connectivity index (χ2n) is 3.67. The second-order valence-corrected chi connectivity index (χ2v) is 3.67. The zero-order chi connectivity index (χ0) is 12.4. The second kappa shape index (κ2) is 4.28. The van der Waals surface area contributed by atoms with E-state index in [1.807, 2.05) is 0 Å². The van der Waals surface area contributed by atoms with Gasteiger partial charge in [-0.15, -0.1) is 0 Å². The molecule has 7 heteroatoms. The van der Waals surface area contributed by atoms with Crippen LogP contribution >= 0.6 is 0 Å². The maximum absolute atomic E-state index is 11.6. The van der Waals surface area contributed by atoms with Gasteiger partial charge in [0, 0.05) is 26.1 Å². The summed E-state index contributed by atoms with van der Waals surface area (Å²) in [7, 11) is 1.65. The van der Waals surface area contributed by atoms with E-state index >= 15 is 0 Å². The number of nitrogens with two attached hydrogens (primary N) is 1. The standard InChI is InChI=1S/C10H12N4O3/c1-14-5-4-8(13-10(14)16)12-9(15)6-2-3-7(11)17-6/h2-3H,4-5,11H2,1H3,(H,12,13,15,16). The molecule has 0 aliphatic carbocycles. The number of hydrogen-bond donors (Lipinski definition) is 2. The average Bonchev–Trinajstić information content (AvgIpc) is 2.70. The lowest BCUT2D eigenvalue weighted by Gasteiger charge is -2.20. The molecule has 1 aliphatic rings. The number of furan rings is 1. The van der Waals surface area contributed by atoms with E-state index in [0.29, 0.717) is 18.8 Å². The van der Waals surface area contributed by atoms with Crippen molar-refractivity contribution in [2.45, 2.75) is 6.42 Å². The smallest absolute Gasteiger partial charge is 0.344 e. The van der Waals surface area contributed by atoms with Gasteiger partial charge in [0.25, 0.3) is 5.91 Å². The summed E-state index contributed by atoms with van der Waals surface area (Å²) in [5.74, 6) is 0.138. The van der Waals surface area contributed by atoms with Crippen LogP contribution in [0.5, 0.6) is 0 Å². The summed E-state index contributed by atoms with van der Waals surface area (Å²) in [5.41, 5.74) is 5.35. The fraction of sp³-hybridized carbons (Fsp3) is 0.300. The molecule has 2 rings (SSSR count). The van der Waals surface area contributed by atoms with Crippen molar-refractivity contribution in [1.82, 2.24) is 10.2 Å². The highest BCUT2D eigenvalue weighted by atomic mass is 16.4. The van der Waals surface area contributed by atoms with Gasteiger partial charge < -0.3 is 20.4 Å². The van der Waals surface area contributed by atoms with Crippen molar-refractivity contribution in [3.05, 3.63) is 17.9 Å². The number of amides is 3. The zero-order valence-electron chi connectivity index (χ0n) is 9.27. The monoisotopic (exact) mass is 236 g/mol. The summed E-state index contributed by atoms with van der Waals surface area (Å²) in [4.78, 5) is 28.1. The van der Waals surface area contributed by atoms with Gasteiger partial charge in [-0.3, -0.25) is 4.79 Å². The van der Waals surface area contributed by atoms with E-state index in [2.05, 4.69) is 10.3 Å². The van der Waals surface area contributed by atoms with Crippen LogP contribution in [0.15, 0.2) is 21.5 Å². The third-order valence-corrected chi connectivity index (χ3v) is 2.35. The molecule has 3 amide bonds. The summed E-state index contributed by atoms with van der Waals surface area (Å²) in [6.07, 6.45) is 0.504. The molecular formula is C10H12N4O3. The maximum atomic E-state index is 11.6. The quantitative estimate of drug-likeness (QED) is 0.738. The molecular weight excluding hydrogens is 224 g/mol. The Morgan fingerprint density at radius 3 is 2.94 bits per heavy atom. The van der Waals surface area contributed by atoms with Gasteiger partial charge in [-0.1, -0.05) is 0 Å². The largest absolute Gasteiger partial charge is 0.436 e. The van der Waals surface area contributed by atoms with Crippen LogP contribution in [0.1, 0.15) is 17.0 Å². The number of rotatable bonds is 1. The summed E-state index contributed by atoms with van der Waals surface area (Å²) < 4.78 is 4.95. The van der Waals surface area contributed by atoms with E-state index in [9.17, 15) is 9.59 Å². The van der Waals surface area contributed by atoms with Gasteiger partial charge in [0.2, 0.25) is 0 Å². The molecule has 0 aromatic carbocycles. The van der Waals surface area contributed by atoms with Gasteiger partial charge in [-0.2, -0.15) is 4.99 Å². The van der Waals surface area contributed by atoms with Crippen LogP contribution in [-0.2, 0) is 0 Å². The number of nitrogens with zero attached hydrogens (tertiary/aromatic N) is 2. The van der Waals surface area contributed by atoms with Crippen LogP contribution in [0.3, 0.4) is 0 Å². The number of anilines is 1. The summed E-state index contributed by atoms with van der Waals surface area (Å²) in [6, 6.07) is 2.57. The average molecular weight is 236 g/mol. The summed E-state index contributed by atoms with van der Waals surface area (Å²) >= 11 is 0. The predicted molar refractivity (Wildman–Crippen MR) is 60.7 cm³/mol. The van der Waals surface area contributed by atoms with Crippen molar-refractivity contribution in [3.63, 3.8) is 0 Å². The van der Waals surface area contributed by atoms with Crippen LogP contribution in [0, 0.1) is 0 Å². The number of hydrogen-bond acceptors (Lipinski definition) is 4. The minimum absolute atomic E-state index is 0.0941. The van der Waals surface area contributed by atoms with E-state index in [1.165, 1.54) is 17.0 Å². The molecule has 0 spiro atoms. The topological polar surface area (TPSA) is 101 Å². The first-order chi connectivity index (χ1) is 8.06. The SMILES string of the molecule is CN1CCC(NC(=O)c2ccc(N)o2)=NC1=O. The van der Waals surface area contributed by atoms with Gasteiger partial charge in [-0.05, 0) is 6.07 Å². The van der Waals surface area contributed by atoms with Gasteiger partial charge in [0.05, 0.1) is 0 Å². The third-order valence-electron chi connectivity index (χ3n) is 2.35. The molecule has 2 heterocycles. The zero-order valence-corrected chi connectivity index (χ0v) is 9.27. The van der Waals surface area contributed by atoms with E-state index in [4.69, 9.17) is 10.2 Å². The highest BCUT2D eigenvalue weighted by Crippen LogP contribution is 2.09. The minimum Gasteiger partial charge on any atom is -0.436 e. The lowest BCUT2D eigenvalue weighted by atomic mass is 10.3. The Kier molecular flexibility index (Phi) is 2.82. The van der Waals surface area contributed by atoms with Crippen LogP contribution in [0.25, 0.3) is 0 Å².